The maximum atomic E-state index is 12.9. The topological polar surface area (TPSA) is 88.9 Å². The van der Waals surface area contributed by atoms with Crippen LogP contribution in [0.1, 0.15) is 26.3 Å². The monoisotopic (exact) mass is 481 g/mol. The minimum Gasteiger partial charge on any atom is -0.355 e. The smallest absolute Gasteiger partial charge is 0.260 e. The lowest BCUT2D eigenvalue weighted by atomic mass is 10.1. The van der Waals surface area contributed by atoms with E-state index < -0.39 is 5.91 Å². The second-order valence-corrected chi connectivity index (χ2v) is 7.36. The summed E-state index contributed by atoms with van der Waals surface area (Å²) >= 11 is 15.5. The SMILES string of the molecule is CNC(=O)c1cc(Cl)cc(C)c1NC(=O)c1cn(-c2ncccc2Cl)nc1Br. The highest BCUT2D eigenvalue weighted by molar-refractivity contribution is 9.10. The Bertz CT molecular complexity index is 1080. The third kappa shape index (κ3) is 4.04. The first-order valence-electron chi connectivity index (χ1n) is 8.01. The molecular weight excluding hydrogens is 469 g/mol. The van der Waals surface area contributed by atoms with Gasteiger partial charge in [-0.25, -0.2) is 9.67 Å². The number of rotatable bonds is 4. The lowest BCUT2D eigenvalue weighted by Crippen LogP contribution is -2.22. The third-order valence-corrected chi connectivity index (χ3v) is 4.98. The molecule has 0 bridgehead atoms. The Balaban J connectivity index is 1.97. The van der Waals surface area contributed by atoms with Crippen molar-refractivity contribution in [2.45, 2.75) is 6.92 Å². The Hall–Kier alpha value is -2.42. The summed E-state index contributed by atoms with van der Waals surface area (Å²) in [7, 11) is 1.50. The zero-order valence-electron chi connectivity index (χ0n) is 14.8. The highest BCUT2D eigenvalue weighted by Crippen LogP contribution is 2.27. The molecule has 0 saturated heterocycles. The fourth-order valence-corrected chi connectivity index (χ4v) is 3.50. The molecule has 0 unspecified atom stereocenters. The lowest BCUT2D eigenvalue weighted by Gasteiger charge is -2.13. The Morgan fingerprint density at radius 3 is 2.61 bits per heavy atom. The van der Waals surface area contributed by atoms with Gasteiger partial charge in [0.05, 0.1) is 21.8 Å². The summed E-state index contributed by atoms with van der Waals surface area (Å²) < 4.78 is 1.70. The number of aryl methyl sites for hydroxylation is 1. The van der Waals surface area contributed by atoms with Crippen molar-refractivity contribution in [3.05, 3.63) is 68.0 Å². The largest absolute Gasteiger partial charge is 0.355 e. The maximum absolute atomic E-state index is 12.9. The number of aromatic nitrogens is 3. The van der Waals surface area contributed by atoms with Gasteiger partial charge in [-0.3, -0.25) is 9.59 Å². The molecule has 10 heteroatoms. The molecule has 2 aromatic heterocycles. The van der Waals surface area contributed by atoms with Crippen LogP contribution in [0.3, 0.4) is 0 Å². The number of nitrogens with zero attached hydrogens (tertiary/aromatic N) is 3. The number of amides is 2. The number of nitrogens with one attached hydrogen (secondary N) is 2. The zero-order valence-corrected chi connectivity index (χ0v) is 17.9. The molecule has 7 nitrogen and oxygen atoms in total. The lowest BCUT2D eigenvalue weighted by molar-refractivity contribution is 0.0964. The van der Waals surface area contributed by atoms with Crippen LogP contribution < -0.4 is 10.6 Å². The van der Waals surface area contributed by atoms with Crippen LogP contribution in [0.5, 0.6) is 0 Å². The van der Waals surface area contributed by atoms with Gasteiger partial charge < -0.3 is 10.6 Å². The average Bonchev–Trinajstić information content (AvgIpc) is 3.04. The van der Waals surface area contributed by atoms with Crippen molar-refractivity contribution >= 4 is 56.6 Å². The number of carbonyl (C=O) groups is 2. The standard InChI is InChI=1S/C18H14BrCl2N5O2/c1-9-6-10(20)7-11(17(27)22-2)14(9)24-18(28)12-8-26(25-15(12)19)16-13(21)4-3-5-23-16/h3-8H,1-2H3,(H,22,27)(H,24,28). The third-order valence-electron chi connectivity index (χ3n) is 3.88. The summed E-state index contributed by atoms with van der Waals surface area (Å²) in [4.78, 5) is 29.2. The van der Waals surface area contributed by atoms with Gasteiger partial charge in [0.2, 0.25) is 0 Å². The molecule has 0 atom stereocenters. The van der Waals surface area contributed by atoms with Crippen LogP contribution in [0.2, 0.25) is 10.0 Å². The van der Waals surface area contributed by atoms with Gasteiger partial charge in [-0.1, -0.05) is 23.2 Å². The molecule has 3 aromatic rings. The van der Waals surface area contributed by atoms with Crippen molar-refractivity contribution in [2.24, 2.45) is 0 Å². The van der Waals surface area contributed by atoms with E-state index in [0.29, 0.717) is 31.7 Å². The van der Waals surface area contributed by atoms with Gasteiger partial charge in [0.1, 0.15) is 4.60 Å². The molecule has 2 N–H and O–H groups in total. The minimum atomic E-state index is -0.458. The van der Waals surface area contributed by atoms with Crippen LogP contribution >= 0.6 is 39.1 Å². The molecule has 2 amide bonds. The Kier molecular flexibility index (Phi) is 6.02. The second-order valence-electron chi connectivity index (χ2n) is 5.77. The summed E-state index contributed by atoms with van der Waals surface area (Å²) in [6.07, 6.45) is 3.07. The first kappa shape index (κ1) is 20.3. The normalized spacial score (nSPS) is 10.6. The van der Waals surface area contributed by atoms with E-state index in [1.165, 1.54) is 24.0 Å². The fourth-order valence-electron chi connectivity index (χ4n) is 2.56. The number of anilines is 1. The van der Waals surface area contributed by atoms with Gasteiger partial charge in [0.15, 0.2) is 5.82 Å². The van der Waals surface area contributed by atoms with Crippen molar-refractivity contribution in [3.63, 3.8) is 0 Å². The van der Waals surface area contributed by atoms with Crippen molar-refractivity contribution in [1.29, 1.82) is 0 Å². The molecule has 0 aliphatic rings. The quantitative estimate of drug-likeness (QED) is 0.581. The number of pyridine rings is 1. The number of carbonyl (C=O) groups excluding carboxylic acids is 2. The van der Waals surface area contributed by atoms with Crippen LogP contribution in [-0.2, 0) is 0 Å². The second kappa shape index (κ2) is 8.30. The van der Waals surface area contributed by atoms with E-state index in [1.54, 1.807) is 31.3 Å². The highest BCUT2D eigenvalue weighted by atomic mass is 79.9. The van der Waals surface area contributed by atoms with Gasteiger partial charge in [-0.15, -0.1) is 0 Å². The van der Waals surface area contributed by atoms with Crippen LogP contribution in [0.15, 0.2) is 41.3 Å². The molecule has 0 radical (unpaired) electrons. The first-order chi connectivity index (χ1) is 13.3. The molecule has 28 heavy (non-hydrogen) atoms. The van der Waals surface area contributed by atoms with Gasteiger partial charge in [-0.2, -0.15) is 5.10 Å². The average molecular weight is 483 g/mol. The highest BCUT2D eigenvalue weighted by Gasteiger charge is 2.21. The van der Waals surface area contributed by atoms with Gasteiger partial charge in [0.25, 0.3) is 11.8 Å². The Morgan fingerprint density at radius 1 is 1.18 bits per heavy atom. The molecule has 0 fully saturated rings. The van der Waals surface area contributed by atoms with E-state index in [0.717, 1.165) is 0 Å². The molecule has 3 rings (SSSR count). The van der Waals surface area contributed by atoms with Gasteiger partial charge in [0, 0.05) is 24.5 Å². The van der Waals surface area contributed by atoms with E-state index >= 15 is 0 Å². The number of hydrogen-bond donors (Lipinski definition) is 2. The molecule has 0 aliphatic heterocycles. The molecule has 0 spiro atoms. The van der Waals surface area contributed by atoms with Crippen LogP contribution in [-0.4, -0.2) is 33.6 Å². The summed E-state index contributed by atoms with van der Waals surface area (Å²) in [6, 6.07) is 6.53. The van der Waals surface area contributed by atoms with Gasteiger partial charge in [-0.05, 0) is 52.7 Å². The van der Waals surface area contributed by atoms with Crippen molar-refractivity contribution < 1.29 is 9.59 Å². The summed E-state index contributed by atoms with van der Waals surface area (Å²) in [5.41, 5.74) is 1.52. The molecule has 2 heterocycles. The van der Waals surface area contributed by atoms with E-state index in [4.69, 9.17) is 23.2 Å². The van der Waals surface area contributed by atoms with E-state index in [-0.39, 0.29) is 17.0 Å². The van der Waals surface area contributed by atoms with Crippen LogP contribution in [0.4, 0.5) is 5.69 Å². The summed E-state index contributed by atoms with van der Waals surface area (Å²) in [6.45, 7) is 1.75. The molecular formula is C18H14BrCl2N5O2. The Labute approximate surface area is 179 Å². The predicted molar refractivity (Wildman–Crippen MR) is 112 cm³/mol. The van der Waals surface area contributed by atoms with Crippen molar-refractivity contribution in [3.8, 4) is 5.82 Å². The van der Waals surface area contributed by atoms with E-state index in [9.17, 15) is 9.59 Å². The maximum Gasteiger partial charge on any atom is 0.260 e. The minimum absolute atomic E-state index is 0.249. The molecule has 144 valence electrons. The zero-order chi connectivity index (χ0) is 20.4. The Morgan fingerprint density at radius 2 is 1.93 bits per heavy atom. The fraction of sp³-hybridized carbons (Fsp3) is 0.111. The summed E-state index contributed by atoms with van der Waals surface area (Å²) in [5, 5.41) is 10.3. The number of hydrogen-bond acceptors (Lipinski definition) is 4. The van der Waals surface area contributed by atoms with E-state index in [1.807, 2.05) is 0 Å². The molecule has 1 aromatic carbocycles. The van der Waals surface area contributed by atoms with Crippen molar-refractivity contribution in [2.75, 3.05) is 12.4 Å². The van der Waals surface area contributed by atoms with E-state index in [2.05, 4.69) is 36.6 Å². The predicted octanol–water partition coefficient (Wildman–Crippen LogP) is 4.26. The van der Waals surface area contributed by atoms with Gasteiger partial charge >= 0.3 is 0 Å². The first-order valence-corrected chi connectivity index (χ1v) is 9.56. The molecule has 0 saturated carbocycles. The number of benzene rings is 1. The van der Waals surface area contributed by atoms with Crippen LogP contribution in [0, 0.1) is 6.92 Å². The molecule has 0 aliphatic carbocycles. The van der Waals surface area contributed by atoms with Crippen molar-refractivity contribution in [1.82, 2.24) is 20.1 Å². The number of halogens is 3. The summed E-state index contributed by atoms with van der Waals surface area (Å²) in [5.74, 6) is -0.436. The van der Waals surface area contributed by atoms with Crippen LogP contribution in [0.25, 0.3) is 5.82 Å².